The minimum absolute atomic E-state index is 0.115. The van der Waals surface area contributed by atoms with Crippen molar-refractivity contribution in [1.29, 1.82) is 0 Å². The van der Waals surface area contributed by atoms with Crippen LogP contribution in [0.15, 0.2) is 48.0 Å². The lowest BCUT2D eigenvalue weighted by atomic mass is 9.70. The third-order valence-corrected chi connectivity index (χ3v) is 4.98. The molecule has 1 aromatic carbocycles. The number of likely N-dealkylation sites (N-methyl/N-ethyl adjacent to an activating group) is 1. The van der Waals surface area contributed by atoms with E-state index in [1.165, 1.54) is 0 Å². The molecule has 1 unspecified atom stereocenters. The Bertz CT molecular complexity index is 513. The van der Waals surface area contributed by atoms with Crippen molar-refractivity contribution in [1.82, 2.24) is 4.90 Å². The Kier molecular flexibility index (Phi) is 6.82. The van der Waals surface area contributed by atoms with E-state index in [1.807, 2.05) is 44.7 Å². The van der Waals surface area contributed by atoms with E-state index >= 15 is 0 Å². The molecule has 128 valence electrons. The molecular formula is C19H31N3O. The molecule has 0 radical (unpaired) electrons. The lowest BCUT2D eigenvalue weighted by Crippen LogP contribution is -2.52. The van der Waals surface area contributed by atoms with Gasteiger partial charge in [0.05, 0.1) is 11.9 Å². The Morgan fingerprint density at radius 1 is 1.17 bits per heavy atom. The highest BCUT2D eigenvalue weighted by molar-refractivity contribution is 5.57. The van der Waals surface area contributed by atoms with Gasteiger partial charge in [0, 0.05) is 26.4 Å². The average Bonchev–Trinajstić information content (AvgIpc) is 2.54. The van der Waals surface area contributed by atoms with Gasteiger partial charge in [-0.3, -0.25) is 4.99 Å². The molecule has 0 aliphatic heterocycles. The summed E-state index contributed by atoms with van der Waals surface area (Å²) in [6.45, 7) is 11.2. The number of hydrogen-bond donors (Lipinski definition) is 1. The molecule has 0 aliphatic rings. The van der Waals surface area contributed by atoms with Crippen molar-refractivity contribution < 1.29 is 5.11 Å². The first-order valence-corrected chi connectivity index (χ1v) is 8.02. The molecular weight excluding hydrogens is 286 g/mol. The van der Waals surface area contributed by atoms with Gasteiger partial charge in [0.1, 0.15) is 6.67 Å². The van der Waals surface area contributed by atoms with Gasteiger partial charge in [0.15, 0.2) is 0 Å². The molecule has 0 spiro atoms. The normalized spacial score (nSPS) is 14.5. The van der Waals surface area contributed by atoms with E-state index in [-0.39, 0.29) is 17.6 Å². The average molecular weight is 317 g/mol. The minimum atomic E-state index is -0.287. The second kappa shape index (κ2) is 8.16. The SMILES string of the molecule is C=CC(C)(N(C)/C=N\CN(C)c1ccccc1)C(C)(C)CCO. The Labute approximate surface area is 141 Å². The van der Waals surface area contributed by atoms with Gasteiger partial charge in [0.25, 0.3) is 0 Å². The van der Waals surface area contributed by atoms with Crippen LogP contribution in [-0.4, -0.2) is 49.3 Å². The van der Waals surface area contributed by atoms with Gasteiger partial charge in [-0.25, -0.2) is 0 Å². The van der Waals surface area contributed by atoms with Crippen molar-refractivity contribution in [3.05, 3.63) is 43.0 Å². The van der Waals surface area contributed by atoms with Crippen LogP contribution in [-0.2, 0) is 0 Å². The predicted molar refractivity (Wildman–Crippen MR) is 100 cm³/mol. The van der Waals surface area contributed by atoms with Crippen LogP contribution in [0.3, 0.4) is 0 Å². The summed E-state index contributed by atoms with van der Waals surface area (Å²) in [4.78, 5) is 8.72. The number of rotatable bonds is 9. The summed E-state index contributed by atoms with van der Waals surface area (Å²) < 4.78 is 0. The van der Waals surface area contributed by atoms with Crippen molar-refractivity contribution in [3.63, 3.8) is 0 Å². The van der Waals surface area contributed by atoms with Crippen LogP contribution in [0.25, 0.3) is 0 Å². The number of anilines is 1. The molecule has 23 heavy (non-hydrogen) atoms. The summed E-state index contributed by atoms with van der Waals surface area (Å²) >= 11 is 0. The third kappa shape index (κ3) is 4.58. The van der Waals surface area contributed by atoms with Gasteiger partial charge in [-0.1, -0.05) is 38.1 Å². The minimum Gasteiger partial charge on any atom is -0.396 e. The highest BCUT2D eigenvalue weighted by Gasteiger charge is 2.40. The Hall–Kier alpha value is -1.81. The van der Waals surface area contributed by atoms with E-state index in [1.54, 1.807) is 0 Å². The maximum absolute atomic E-state index is 9.32. The highest BCUT2D eigenvalue weighted by Crippen LogP contribution is 2.38. The fourth-order valence-corrected chi connectivity index (χ4v) is 2.60. The van der Waals surface area contributed by atoms with E-state index in [2.05, 4.69) is 54.3 Å². The maximum Gasteiger partial charge on any atom is 0.111 e. The van der Waals surface area contributed by atoms with Crippen LogP contribution in [0, 0.1) is 5.41 Å². The quantitative estimate of drug-likeness (QED) is 0.431. The third-order valence-electron chi connectivity index (χ3n) is 4.98. The van der Waals surface area contributed by atoms with E-state index < -0.39 is 0 Å². The summed E-state index contributed by atoms with van der Waals surface area (Å²) in [6, 6.07) is 10.2. The van der Waals surface area contributed by atoms with Crippen molar-refractivity contribution in [2.45, 2.75) is 32.7 Å². The van der Waals surface area contributed by atoms with Crippen LogP contribution in [0.4, 0.5) is 5.69 Å². The van der Waals surface area contributed by atoms with E-state index in [0.717, 1.165) is 5.69 Å². The van der Waals surface area contributed by atoms with E-state index in [4.69, 9.17) is 0 Å². The number of aliphatic imine (C=N–C) groups is 1. The van der Waals surface area contributed by atoms with Gasteiger partial charge in [-0.15, -0.1) is 6.58 Å². The van der Waals surface area contributed by atoms with Crippen LogP contribution in [0.1, 0.15) is 27.2 Å². The molecule has 4 nitrogen and oxygen atoms in total. The van der Waals surface area contributed by atoms with Gasteiger partial charge in [-0.05, 0) is 30.9 Å². The second-order valence-corrected chi connectivity index (χ2v) is 6.79. The molecule has 4 heteroatoms. The van der Waals surface area contributed by atoms with Crippen molar-refractivity contribution in [2.24, 2.45) is 10.4 Å². The van der Waals surface area contributed by atoms with Crippen molar-refractivity contribution in [3.8, 4) is 0 Å². The molecule has 0 aromatic heterocycles. The van der Waals surface area contributed by atoms with E-state index in [9.17, 15) is 5.11 Å². The zero-order valence-corrected chi connectivity index (χ0v) is 15.2. The van der Waals surface area contributed by atoms with Crippen LogP contribution in [0.5, 0.6) is 0 Å². The molecule has 0 saturated carbocycles. The largest absolute Gasteiger partial charge is 0.396 e. The summed E-state index contributed by atoms with van der Waals surface area (Å²) in [6.07, 6.45) is 4.51. The number of benzene rings is 1. The summed E-state index contributed by atoms with van der Waals surface area (Å²) in [5.74, 6) is 0. The van der Waals surface area contributed by atoms with Gasteiger partial charge in [0.2, 0.25) is 0 Å². The lowest BCUT2D eigenvalue weighted by Gasteiger charge is -2.47. The highest BCUT2D eigenvalue weighted by atomic mass is 16.3. The molecule has 0 amide bonds. The molecule has 1 rings (SSSR count). The van der Waals surface area contributed by atoms with Crippen molar-refractivity contribution in [2.75, 3.05) is 32.3 Å². The number of aliphatic hydroxyl groups is 1. The standard InChI is InChI=1S/C19H31N3O/c1-7-19(4,18(2,3)13-14-23)22(6)16-20-15-21(5)17-11-9-8-10-12-17/h7-12,16,23H,1,13-15H2,2-6H3/b20-16-. The monoisotopic (exact) mass is 317 g/mol. The zero-order chi connectivity index (χ0) is 17.5. The summed E-state index contributed by atoms with van der Waals surface area (Å²) in [5, 5.41) is 9.32. The van der Waals surface area contributed by atoms with Crippen LogP contribution in [0.2, 0.25) is 0 Å². The predicted octanol–water partition coefficient (Wildman–Crippen LogP) is 3.39. The lowest BCUT2D eigenvalue weighted by molar-refractivity contribution is 0.0820. The van der Waals surface area contributed by atoms with Crippen LogP contribution < -0.4 is 4.90 Å². The van der Waals surface area contributed by atoms with Crippen LogP contribution >= 0.6 is 0 Å². The van der Waals surface area contributed by atoms with E-state index in [0.29, 0.717) is 13.1 Å². The van der Waals surface area contributed by atoms with Gasteiger partial charge < -0.3 is 14.9 Å². The zero-order valence-electron chi connectivity index (χ0n) is 15.2. The van der Waals surface area contributed by atoms with Gasteiger partial charge in [-0.2, -0.15) is 0 Å². The summed E-state index contributed by atoms with van der Waals surface area (Å²) in [5.41, 5.74) is 0.736. The second-order valence-electron chi connectivity index (χ2n) is 6.79. The smallest absolute Gasteiger partial charge is 0.111 e. The summed E-state index contributed by atoms with van der Waals surface area (Å²) in [7, 11) is 4.03. The molecule has 0 fully saturated rings. The Morgan fingerprint density at radius 2 is 1.78 bits per heavy atom. The molecule has 0 heterocycles. The number of aliphatic hydroxyl groups excluding tert-OH is 1. The molecule has 0 bridgehead atoms. The number of hydrogen-bond acceptors (Lipinski definition) is 3. The molecule has 0 saturated heterocycles. The molecule has 1 aromatic rings. The number of para-hydroxylation sites is 1. The topological polar surface area (TPSA) is 39.1 Å². The first-order chi connectivity index (χ1) is 10.8. The number of nitrogens with zero attached hydrogens (tertiary/aromatic N) is 3. The first kappa shape index (κ1) is 19.2. The Balaban J connectivity index is 2.76. The fraction of sp³-hybridized carbons (Fsp3) is 0.526. The molecule has 0 aliphatic carbocycles. The molecule has 1 N–H and O–H groups in total. The van der Waals surface area contributed by atoms with Gasteiger partial charge >= 0.3 is 0 Å². The maximum atomic E-state index is 9.32. The Morgan fingerprint density at radius 3 is 2.30 bits per heavy atom. The first-order valence-electron chi connectivity index (χ1n) is 8.02. The fourth-order valence-electron chi connectivity index (χ4n) is 2.60. The molecule has 1 atom stereocenters. The van der Waals surface area contributed by atoms with Crippen molar-refractivity contribution >= 4 is 12.0 Å².